The van der Waals surface area contributed by atoms with Crippen molar-refractivity contribution in [1.29, 1.82) is 0 Å². The molecule has 0 fully saturated rings. The van der Waals surface area contributed by atoms with Crippen LogP contribution in [0.25, 0.3) is 10.9 Å². The van der Waals surface area contributed by atoms with Gasteiger partial charge < -0.3 is 5.11 Å². The number of benzene rings is 2. The van der Waals surface area contributed by atoms with Crippen molar-refractivity contribution in [2.24, 2.45) is 0 Å². The van der Waals surface area contributed by atoms with E-state index < -0.39 is 6.10 Å². The first-order valence-electron chi connectivity index (χ1n) is 6.51. The zero-order chi connectivity index (χ0) is 13.9. The third kappa shape index (κ3) is 2.60. The van der Waals surface area contributed by atoms with E-state index in [2.05, 4.69) is 20.9 Å². The predicted octanol–water partition coefficient (Wildman–Crippen LogP) is 4.27. The standard InChI is InChI=1S/C17H14BrNO/c18-15-7-3-1-6-14(15)17(20)11-12-9-10-19-16-8-4-2-5-13(12)16/h1-10,17,20H,11H2. The number of hydrogen-bond donors (Lipinski definition) is 1. The van der Waals surface area contributed by atoms with Gasteiger partial charge in [-0.15, -0.1) is 0 Å². The molecule has 1 atom stereocenters. The molecule has 1 N–H and O–H groups in total. The van der Waals surface area contributed by atoms with Gasteiger partial charge in [-0.05, 0) is 29.3 Å². The Balaban J connectivity index is 1.96. The zero-order valence-corrected chi connectivity index (χ0v) is 12.4. The largest absolute Gasteiger partial charge is 0.388 e. The van der Waals surface area contributed by atoms with E-state index in [9.17, 15) is 5.11 Å². The Morgan fingerprint density at radius 3 is 2.60 bits per heavy atom. The molecule has 1 heterocycles. The molecule has 1 aromatic heterocycles. The van der Waals surface area contributed by atoms with Crippen LogP contribution in [0.4, 0.5) is 0 Å². The second-order valence-electron chi connectivity index (χ2n) is 4.73. The lowest BCUT2D eigenvalue weighted by Gasteiger charge is -2.14. The van der Waals surface area contributed by atoms with Crippen molar-refractivity contribution in [2.45, 2.75) is 12.5 Å². The predicted molar refractivity (Wildman–Crippen MR) is 84.5 cm³/mol. The maximum absolute atomic E-state index is 10.5. The lowest BCUT2D eigenvalue weighted by molar-refractivity contribution is 0.178. The van der Waals surface area contributed by atoms with Crippen molar-refractivity contribution in [3.05, 3.63) is 76.4 Å². The van der Waals surface area contributed by atoms with E-state index in [0.29, 0.717) is 6.42 Å². The van der Waals surface area contributed by atoms with Gasteiger partial charge in [-0.2, -0.15) is 0 Å². The molecule has 3 heteroatoms. The molecular weight excluding hydrogens is 314 g/mol. The fourth-order valence-corrected chi connectivity index (χ4v) is 2.95. The van der Waals surface area contributed by atoms with Crippen LogP contribution in [0, 0.1) is 0 Å². The second kappa shape index (κ2) is 5.73. The highest BCUT2D eigenvalue weighted by molar-refractivity contribution is 9.10. The Hall–Kier alpha value is -1.71. The average molecular weight is 328 g/mol. The molecule has 2 nitrogen and oxygen atoms in total. The molecule has 0 aliphatic rings. The van der Waals surface area contributed by atoms with Crippen molar-refractivity contribution < 1.29 is 5.11 Å². The fraction of sp³-hybridized carbons (Fsp3) is 0.118. The van der Waals surface area contributed by atoms with Crippen molar-refractivity contribution in [3.8, 4) is 0 Å². The van der Waals surface area contributed by atoms with Gasteiger partial charge >= 0.3 is 0 Å². The van der Waals surface area contributed by atoms with Crippen LogP contribution in [-0.2, 0) is 6.42 Å². The highest BCUT2D eigenvalue weighted by Gasteiger charge is 2.13. The normalized spacial score (nSPS) is 12.5. The number of aliphatic hydroxyl groups excluding tert-OH is 1. The minimum Gasteiger partial charge on any atom is -0.388 e. The van der Waals surface area contributed by atoms with Crippen molar-refractivity contribution in [1.82, 2.24) is 4.98 Å². The first-order chi connectivity index (χ1) is 9.75. The lowest BCUT2D eigenvalue weighted by Crippen LogP contribution is -2.03. The SMILES string of the molecule is OC(Cc1ccnc2ccccc12)c1ccccc1Br. The summed E-state index contributed by atoms with van der Waals surface area (Å²) in [5, 5.41) is 11.6. The molecule has 0 spiro atoms. The minimum atomic E-state index is -0.531. The van der Waals surface area contributed by atoms with E-state index in [1.807, 2.05) is 54.6 Å². The molecule has 3 aromatic rings. The van der Waals surface area contributed by atoms with Crippen LogP contribution in [0.5, 0.6) is 0 Å². The van der Waals surface area contributed by atoms with Crippen molar-refractivity contribution >= 4 is 26.8 Å². The molecule has 0 bridgehead atoms. The van der Waals surface area contributed by atoms with Crippen molar-refractivity contribution in [2.75, 3.05) is 0 Å². The summed E-state index contributed by atoms with van der Waals surface area (Å²) in [7, 11) is 0. The van der Waals surface area contributed by atoms with Gasteiger partial charge in [-0.3, -0.25) is 4.98 Å². The number of hydrogen-bond acceptors (Lipinski definition) is 2. The van der Waals surface area contributed by atoms with Crippen molar-refractivity contribution in [3.63, 3.8) is 0 Å². The highest BCUT2D eigenvalue weighted by atomic mass is 79.9. The molecule has 20 heavy (non-hydrogen) atoms. The van der Waals surface area contributed by atoms with Gasteiger partial charge in [0.1, 0.15) is 0 Å². The minimum absolute atomic E-state index is 0.531. The Morgan fingerprint density at radius 1 is 1.00 bits per heavy atom. The summed E-state index contributed by atoms with van der Waals surface area (Å²) in [5.74, 6) is 0. The molecular formula is C17H14BrNO. The van der Waals surface area contributed by atoms with Crippen LogP contribution in [0.15, 0.2) is 65.3 Å². The van der Waals surface area contributed by atoms with E-state index in [1.54, 1.807) is 6.20 Å². The van der Waals surface area contributed by atoms with Crippen LogP contribution < -0.4 is 0 Å². The second-order valence-corrected chi connectivity index (χ2v) is 5.58. The van der Waals surface area contributed by atoms with Crippen LogP contribution in [0.3, 0.4) is 0 Å². The van der Waals surface area contributed by atoms with Crippen LogP contribution in [-0.4, -0.2) is 10.1 Å². The first kappa shape index (κ1) is 13.3. The fourth-order valence-electron chi connectivity index (χ4n) is 2.40. The number of aliphatic hydroxyl groups is 1. The monoisotopic (exact) mass is 327 g/mol. The van der Waals surface area contributed by atoms with Gasteiger partial charge in [-0.1, -0.05) is 52.3 Å². The van der Waals surface area contributed by atoms with Crippen LogP contribution in [0.2, 0.25) is 0 Å². The summed E-state index contributed by atoms with van der Waals surface area (Å²) in [5.41, 5.74) is 2.98. The zero-order valence-electron chi connectivity index (χ0n) is 10.8. The maximum atomic E-state index is 10.5. The van der Waals surface area contributed by atoms with E-state index in [0.717, 1.165) is 26.5 Å². The maximum Gasteiger partial charge on any atom is 0.0841 e. The smallest absolute Gasteiger partial charge is 0.0841 e. The Labute approximate surface area is 126 Å². The molecule has 0 amide bonds. The molecule has 0 radical (unpaired) electrons. The van der Waals surface area contributed by atoms with E-state index in [-0.39, 0.29) is 0 Å². The number of fused-ring (bicyclic) bond motifs is 1. The summed E-state index contributed by atoms with van der Waals surface area (Å²) in [6.07, 6.45) is 1.84. The summed E-state index contributed by atoms with van der Waals surface area (Å²) < 4.78 is 0.936. The van der Waals surface area contributed by atoms with Gasteiger partial charge in [0.25, 0.3) is 0 Å². The topological polar surface area (TPSA) is 33.1 Å². The number of para-hydroxylation sites is 1. The van der Waals surface area contributed by atoms with Crippen LogP contribution in [0.1, 0.15) is 17.2 Å². The summed E-state index contributed by atoms with van der Waals surface area (Å²) in [6.45, 7) is 0. The molecule has 1 unspecified atom stereocenters. The third-order valence-corrected chi connectivity index (χ3v) is 4.14. The van der Waals surface area contributed by atoms with E-state index in [1.165, 1.54) is 0 Å². The molecule has 0 saturated carbocycles. The Bertz CT molecular complexity index is 736. The number of rotatable bonds is 3. The molecule has 2 aromatic carbocycles. The number of nitrogens with zero attached hydrogens (tertiary/aromatic N) is 1. The lowest BCUT2D eigenvalue weighted by atomic mass is 9.99. The van der Waals surface area contributed by atoms with Gasteiger partial charge in [0.15, 0.2) is 0 Å². The van der Waals surface area contributed by atoms with Gasteiger partial charge in [0, 0.05) is 22.5 Å². The van der Waals surface area contributed by atoms with Gasteiger partial charge in [-0.25, -0.2) is 0 Å². The first-order valence-corrected chi connectivity index (χ1v) is 7.30. The highest BCUT2D eigenvalue weighted by Crippen LogP contribution is 2.27. The molecule has 0 saturated heterocycles. The Morgan fingerprint density at radius 2 is 1.75 bits per heavy atom. The number of pyridine rings is 1. The molecule has 100 valence electrons. The average Bonchev–Trinajstić information content (AvgIpc) is 2.48. The molecule has 0 aliphatic carbocycles. The molecule has 0 aliphatic heterocycles. The quantitative estimate of drug-likeness (QED) is 0.779. The van der Waals surface area contributed by atoms with Gasteiger partial charge in [0.2, 0.25) is 0 Å². The van der Waals surface area contributed by atoms with Crippen LogP contribution >= 0.6 is 15.9 Å². The number of aromatic nitrogens is 1. The number of halogens is 1. The summed E-state index contributed by atoms with van der Waals surface area (Å²) in [6, 6.07) is 17.8. The van der Waals surface area contributed by atoms with E-state index >= 15 is 0 Å². The molecule has 3 rings (SSSR count). The Kier molecular flexibility index (Phi) is 3.81. The summed E-state index contributed by atoms with van der Waals surface area (Å²) in [4.78, 5) is 4.35. The van der Waals surface area contributed by atoms with E-state index in [4.69, 9.17) is 0 Å². The summed E-state index contributed by atoms with van der Waals surface area (Å²) >= 11 is 3.49. The van der Waals surface area contributed by atoms with Gasteiger partial charge in [0.05, 0.1) is 11.6 Å². The third-order valence-electron chi connectivity index (χ3n) is 3.42.